The Morgan fingerprint density at radius 2 is 2.38 bits per heavy atom. The van der Waals surface area contributed by atoms with Crippen LogP contribution in [0.1, 0.15) is 16.2 Å². The standard InChI is InChI=1S/C7H9N3O3/c1-4-6(13-3-10-4)7(12)9-2-5(8)11/h3H,2H2,1H3,(H2,8,11)(H,9,12). The number of primary amides is 1. The van der Waals surface area contributed by atoms with Crippen molar-refractivity contribution in [3.63, 3.8) is 0 Å². The molecule has 0 radical (unpaired) electrons. The minimum absolute atomic E-state index is 0.0984. The molecule has 2 amide bonds. The van der Waals surface area contributed by atoms with Crippen LogP contribution in [0.3, 0.4) is 0 Å². The van der Waals surface area contributed by atoms with Gasteiger partial charge in [-0.25, -0.2) is 4.98 Å². The molecule has 0 bridgehead atoms. The summed E-state index contributed by atoms with van der Waals surface area (Å²) in [5.74, 6) is -0.999. The topological polar surface area (TPSA) is 98.2 Å². The number of amides is 2. The van der Waals surface area contributed by atoms with E-state index >= 15 is 0 Å². The molecule has 1 aromatic rings. The molecular weight excluding hydrogens is 174 g/mol. The third kappa shape index (κ3) is 2.29. The average molecular weight is 183 g/mol. The number of carbonyl (C=O) groups excluding carboxylic acids is 2. The molecule has 0 aliphatic carbocycles. The van der Waals surface area contributed by atoms with Crippen molar-refractivity contribution < 1.29 is 14.0 Å². The lowest BCUT2D eigenvalue weighted by Gasteiger charge is -1.98. The zero-order valence-corrected chi connectivity index (χ0v) is 7.03. The van der Waals surface area contributed by atoms with E-state index in [-0.39, 0.29) is 12.3 Å². The van der Waals surface area contributed by atoms with Crippen LogP contribution in [0.2, 0.25) is 0 Å². The van der Waals surface area contributed by atoms with E-state index in [4.69, 9.17) is 10.2 Å². The lowest BCUT2D eigenvalue weighted by atomic mass is 10.3. The lowest BCUT2D eigenvalue weighted by molar-refractivity contribution is -0.117. The fourth-order valence-electron chi connectivity index (χ4n) is 0.768. The number of hydrogen-bond acceptors (Lipinski definition) is 4. The van der Waals surface area contributed by atoms with Crippen molar-refractivity contribution in [2.75, 3.05) is 6.54 Å². The Morgan fingerprint density at radius 1 is 1.69 bits per heavy atom. The van der Waals surface area contributed by atoms with Gasteiger partial charge < -0.3 is 15.5 Å². The molecule has 1 heterocycles. The van der Waals surface area contributed by atoms with Crippen molar-refractivity contribution in [3.05, 3.63) is 17.8 Å². The van der Waals surface area contributed by atoms with Crippen LogP contribution in [0.5, 0.6) is 0 Å². The molecule has 0 saturated carbocycles. The number of nitrogens with zero attached hydrogens (tertiary/aromatic N) is 1. The molecule has 0 aliphatic heterocycles. The fourth-order valence-corrected chi connectivity index (χ4v) is 0.768. The maximum Gasteiger partial charge on any atom is 0.289 e. The number of nitrogens with one attached hydrogen (secondary N) is 1. The summed E-state index contributed by atoms with van der Waals surface area (Å²) in [6.07, 6.45) is 1.16. The van der Waals surface area contributed by atoms with E-state index in [1.807, 2.05) is 0 Å². The van der Waals surface area contributed by atoms with E-state index in [0.717, 1.165) is 6.39 Å². The lowest BCUT2D eigenvalue weighted by Crippen LogP contribution is -2.33. The van der Waals surface area contributed by atoms with Gasteiger partial charge in [0.1, 0.15) is 0 Å². The van der Waals surface area contributed by atoms with E-state index < -0.39 is 11.8 Å². The summed E-state index contributed by atoms with van der Waals surface area (Å²) in [5.41, 5.74) is 5.31. The predicted molar refractivity (Wildman–Crippen MR) is 42.8 cm³/mol. The quantitative estimate of drug-likeness (QED) is 0.640. The van der Waals surface area contributed by atoms with Crippen LogP contribution >= 0.6 is 0 Å². The first-order valence-electron chi connectivity index (χ1n) is 3.58. The van der Waals surface area contributed by atoms with Crippen molar-refractivity contribution in [1.29, 1.82) is 0 Å². The first-order chi connectivity index (χ1) is 6.11. The highest BCUT2D eigenvalue weighted by molar-refractivity contribution is 5.94. The minimum Gasteiger partial charge on any atom is -0.438 e. The van der Waals surface area contributed by atoms with Gasteiger partial charge in [0.25, 0.3) is 5.91 Å². The van der Waals surface area contributed by atoms with E-state index in [1.165, 1.54) is 0 Å². The molecule has 0 fully saturated rings. The zero-order chi connectivity index (χ0) is 9.84. The third-order valence-electron chi connectivity index (χ3n) is 1.37. The fraction of sp³-hybridized carbons (Fsp3) is 0.286. The number of carbonyl (C=O) groups is 2. The Hall–Kier alpha value is -1.85. The first-order valence-corrected chi connectivity index (χ1v) is 3.58. The largest absolute Gasteiger partial charge is 0.438 e. The molecule has 6 heteroatoms. The molecule has 0 unspecified atom stereocenters. The van der Waals surface area contributed by atoms with Crippen LogP contribution in [-0.2, 0) is 4.79 Å². The van der Waals surface area contributed by atoms with Gasteiger partial charge in [0.05, 0.1) is 12.2 Å². The Balaban J connectivity index is 2.59. The van der Waals surface area contributed by atoms with Gasteiger partial charge in [0, 0.05) is 0 Å². The Morgan fingerprint density at radius 3 is 2.85 bits per heavy atom. The molecule has 70 valence electrons. The number of aryl methyl sites for hydroxylation is 1. The number of nitrogens with two attached hydrogens (primary N) is 1. The van der Waals surface area contributed by atoms with Crippen LogP contribution < -0.4 is 11.1 Å². The molecule has 13 heavy (non-hydrogen) atoms. The monoisotopic (exact) mass is 183 g/mol. The second kappa shape index (κ2) is 3.70. The second-order valence-electron chi connectivity index (χ2n) is 2.42. The van der Waals surface area contributed by atoms with Crippen LogP contribution in [0, 0.1) is 6.92 Å². The summed E-state index contributed by atoms with van der Waals surface area (Å²) in [7, 11) is 0. The van der Waals surface area contributed by atoms with Gasteiger partial charge in [-0.05, 0) is 6.92 Å². The highest BCUT2D eigenvalue weighted by Crippen LogP contribution is 2.03. The van der Waals surface area contributed by atoms with Gasteiger partial charge >= 0.3 is 0 Å². The zero-order valence-electron chi connectivity index (χ0n) is 7.03. The predicted octanol–water partition coefficient (Wildman–Crippen LogP) is -0.802. The number of aromatic nitrogens is 1. The van der Waals surface area contributed by atoms with E-state index in [1.54, 1.807) is 6.92 Å². The van der Waals surface area contributed by atoms with E-state index in [0.29, 0.717) is 5.69 Å². The van der Waals surface area contributed by atoms with Crippen molar-refractivity contribution >= 4 is 11.8 Å². The van der Waals surface area contributed by atoms with Crippen LogP contribution in [0.4, 0.5) is 0 Å². The highest BCUT2D eigenvalue weighted by atomic mass is 16.3. The van der Waals surface area contributed by atoms with Gasteiger partial charge in [-0.15, -0.1) is 0 Å². The SMILES string of the molecule is Cc1ncoc1C(=O)NCC(N)=O. The van der Waals surface area contributed by atoms with Gasteiger partial charge in [-0.2, -0.15) is 0 Å². The van der Waals surface area contributed by atoms with Crippen LogP contribution in [-0.4, -0.2) is 23.3 Å². The molecule has 1 aromatic heterocycles. The summed E-state index contributed by atoms with van der Waals surface area (Å²) in [5, 5.41) is 2.28. The summed E-state index contributed by atoms with van der Waals surface area (Å²) in [4.78, 5) is 25.2. The van der Waals surface area contributed by atoms with Gasteiger partial charge in [-0.3, -0.25) is 9.59 Å². The number of rotatable bonds is 3. The molecule has 0 spiro atoms. The van der Waals surface area contributed by atoms with Gasteiger partial charge in [0.2, 0.25) is 11.7 Å². The first kappa shape index (κ1) is 9.24. The molecule has 1 rings (SSSR count). The Bertz CT molecular complexity index is 331. The summed E-state index contributed by atoms with van der Waals surface area (Å²) >= 11 is 0. The molecule has 0 saturated heterocycles. The van der Waals surface area contributed by atoms with Crippen LogP contribution in [0.15, 0.2) is 10.8 Å². The highest BCUT2D eigenvalue weighted by Gasteiger charge is 2.13. The van der Waals surface area contributed by atoms with Crippen molar-refractivity contribution in [3.8, 4) is 0 Å². The van der Waals surface area contributed by atoms with E-state index in [2.05, 4.69) is 10.3 Å². The minimum atomic E-state index is -0.606. The maximum atomic E-state index is 11.2. The number of oxazole rings is 1. The summed E-state index contributed by atoms with van der Waals surface area (Å²) in [6.45, 7) is 1.42. The van der Waals surface area contributed by atoms with Gasteiger partial charge in [-0.1, -0.05) is 0 Å². The normalized spacial score (nSPS) is 9.62. The van der Waals surface area contributed by atoms with Crippen molar-refractivity contribution in [2.24, 2.45) is 5.73 Å². The number of hydrogen-bond donors (Lipinski definition) is 2. The molecule has 0 atom stereocenters. The summed E-state index contributed by atoms with van der Waals surface area (Å²) < 4.78 is 4.78. The molecular formula is C7H9N3O3. The smallest absolute Gasteiger partial charge is 0.289 e. The Kier molecular flexibility index (Phi) is 2.63. The molecule has 0 aromatic carbocycles. The van der Waals surface area contributed by atoms with Crippen LogP contribution in [0.25, 0.3) is 0 Å². The second-order valence-corrected chi connectivity index (χ2v) is 2.42. The van der Waals surface area contributed by atoms with Crippen molar-refractivity contribution in [1.82, 2.24) is 10.3 Å². The molecule has 0 aliphatic rings. The average Bonchev–Trinajstić information content (AvgIpc) is 2.47. The maximum absolute atomic E-state index is 11.2. The van der Waals surface area contributed by atoms with Gasteiger partial charge in [0.15, 0.2) is 6.39 Å². The Labute approximate surface area is 74.1 Å². The summed E-state index contributed by atoms with van der Waals surface area (Å²) in [6, 6.07) is 0. The molecule has 6 nitrogen and oxygen atoms in total. The van der Waals surface area contributed by atoms with Crippen molar-refractivity contribution in [2.45, 2.75) is 6.92 Å². The third-order valence-corrected chi connectivity index (χ3v) is 1.37. The molecule has 3 N–H and O–H groups in total. The van der Waals surface area contributed by atoms with E-state index in [9.17, 15) is 9.59 Å².